The van der Waals surface area contributed by atoms with E-state index >= 15 is 0 Å². The molecule has 23 heavy (non-hydrogen) atoms. The summed E-state index contributed by atoms with van der Waals surface area (Å²) in [6.45, 7) is 5.29. The summed E-state index contributed by atoms with van der Waals surface area (Å²) in [6, 6.07) is 5.76. The van der Waals surface area contributed by atoms with E-state index in [1.807, 2.05) is 32.0 Å². The third-order valence-electron chi connectivity index (χ3n) is 4.32. The Morgan fingerprint density at radius 3 is 2.70 bits per heavy atom. The molecule has 2 rings (SSSR count). The highest BCUT2D eigenvalue weighted by Crippen LogP contribution is 2.34. The second-order valence-electron chi connectivity index (χ2n) is 5.82. The molecule has 7 heteroatoms. The highest BCUT2D eigenvalue weighted by atomic mass is 32.2. The van der Waals surface area contributed by atoms with E-state index < -0.39 is 10.0 Å². The standard InChI is InChI=1S/C16H24N2O4S/c1-5-23(20,21)17-10-16(19)18-11(2)8-13-9-14(22-4)6-7-15(13)12(18)3/h6-7,9,11-12,17H,5,8,10H2,1-4H3. The first-order chi connectivity index (χ1) is 10.8. The molecule has 0 fully saturated rings. The van der Waals surface area contributed by atoms with Crippen molar-refractivity contribution < 1.29 is 17.9 Å². The van der Waals surface area contributed by atoms with E-state index in [9.17, 15) is 13.2 Å². The number of rotatable bonds is 5. The van der Waals surface area contributed by atoms with Crippen LogP contribution in [0.15, 0.2) is 18.2 Å². The molecule has 0 saturated carbocycles. The van der Waals surface area contributed by atoms with Crippen molar-refractivity contribution >= 4 is 15.9 Å². The van der Waals surface area contributed by atoms with E-state index in [1.165, 1.54) is 5.56 Å². The maximum atomic E-state index is 12.5. The van der Waals surface area contributed by atoms with E-state index in [0.717, 1.165) is 17.7 Å². The highest BCUT2D eigenvalue weighted by Gasteiger charge is 2.33. The Morgan fingerprint density at radius 2 is 2.09 bits per heavy atom. The van der Waals surface area contributed by atoms with Gasteiger partial charge in [-0.25, -0.2) is 13.1 Å². The normalized spacial score (nSPS) is 21.0. The summed E-state index contributed by atoms with van der Waals surface area (Å²) in [5.41, 5.74) is 2.25. The van der Waals surface area contributed by atoms with Gasteiger partial charge in [0.15, 0.2) is 0 Å². The number of ether oxygens (including phenoxy) is 1. The summed E-state index contributed by atoms with van der Waals surface area (Å²) in [5.74, 6) is 0.565. The third kappa shape index (κ3) is 3.84. The van der Waals surface area contributed by atoms with Gasteiger partial charge in [0.1, 0.15) is 5.75 Å². The number of carbonyl (C=O) groups is 1. The van der Waals surface area contributed by atoms with Crippen LogP contribution in [0, 0.1) is 0 Å². The second kappa shape index (κ2) is 6.88. The van der Waals surface area contributed by atoms with Crippen molar-refractivity contribution in [2.24, 2.45) is 0 Å². The Morgan fingerprint density at radius 1 is 1.39 bits per heavy atom. The molecule has 1 aliphatic heterocycles. The van der Waals surface area contributed by atoms with Crippen LogP contribution in [-0.2, 0) is 21.2 Å². The number of methoxy groups -OCH3 is 1. The number of carbonyl (C=O) groups excluding carboxylic acids is 1. The lowest BCUT2D eigenvalue weighted by molar-refractivity contribution is -0.134. The summed E-state index contributed by atoms with van der Waals surface area (Å²) in [7, 11) is -1.74. The predicted molar refractivity (Wildman–Crippen MR) is 88.9 cm³/mol. The van der Waals surface area contributed by atoms with Crippen LogP contribution in [0.1, 0.15) is 37.9 Å². The zero-order valence-corrected chi connectivity index (χ0v) is 14.8. The highest BCUT2D eigenvalue weighted by molar-refractivity contribution is 7.89. The summed E-state index contributed by atoms with van der Waals surface area (Å²) < 4.78 is 30.7. The van der Waals surface area contributed by atoms with Crippen molar-refractivity contribution in [3.05, 3.63) is 29.3 Å². The fourth-order valence-corrected chi connectivity index (χ4v) is 3.62. The number of nitrogens with one attached hydrogen (secondary N) is 1. The van der Waals surface area contributed by atoms with Crippen LogP contribution in [0.4, 0.5) is 0 Å². The fraction of sp³-hybridized carbons (Fsp3) is 0.562. The topological polar surface area (TPSA) is 75.7 Å². The maximum absolute atomic E-state index is 12.5. The maximum Gasteiger partial charge on any atom is 0.238 e. The molecule has 1 aromatic rings. The lowest BCUT2D eigenvalue weighted by Crippen LogP contribution is -2.49. The zero-order chi connectivity index (χ0) is 17.2. The largest absolute Gasteiger partial charge is 0.497 e. The summed E-state index contributed by atoms with van der Waals surface area (Å²) in [5, 5.41) is 0. The molecule has 0 aromatic heterocycles. The first-order valence-electron chi connectivity index (χ1n) is 7.74. The van der Waals surface area contributed by atoms with Gasteiger partial charge in [-0.1, -0.05) is 6.07 Å². The van der Waals surface area contributed by atoms with Crippen LogP contribution in [0.2, 0.25) is 0 Å². The molecular formula is C16H24N2O4S. The number of fused-ring (bicyclic) bond motifs is 1. The smallest absolute Gasteiger partial charge is 0.238 e. The molecule has 2 atom stereocenters. The minimum absolute atomic E-state index is 0.00300. The van der Waals surface area contributed by atoms with Gasteiger partial charge in [0, 0.05) is 6.04 Å². The molecule has 0 radical (unpaired) electrons. The molecule has 1 amide bonds. The summed E-state index contributed by atoms with van der Waals surface area (Å²) in [4.78, 5) is 14.2. The molecule has 1 heterocycles. The quantitative estimate of drug-likeness (QED) is 0.881. The number of hydrogen-bond acceptors (Lipinski definition) is 4. The van der Waals surface area contributed by atoms with Crippen molar-refractivity contribution in [2.75, 3.05) is 19.4 Å². The molecule has 1 N–H and O–H groups in total. The molecule has 1 aromatic carbocycles. The number of benzene rings is 1. The van der Waals surface area contributed by atoms with Crippen LogP contribution < -0.4 is 9.46 Å². The minimum Gasteiger partial charge on any atom is -0.497 e. The average Bonchev–Trinajstić information content (AvgIpc) is 2.52. The van der Waals surface area contributed by atoms with Gasteiger partial charge >= 0.3 is 0 Å². The Hall–Kier alpha value is -1.60. The van der Waals surface area contributed by atoms with Crippen molar-refractivity contribution in [2.45, 2.75) is 39.3 Å². The summed E-state index contributed by atoms with van der Waals surface area (Å²) >= 11 is 0. The molecule has 128 valence electrons. The van der Waals surface area contributed by atoms with Gasteiger partial charge in [0.05, 0.1) is 25.4 Å². The van der Waals surface area contributed by atoms with Gasteiger partial charge in [-0.15, -0.1) is 0 Å². The monoisotopic (exact) mass is 340 g/mol. The van der Waals surface area contributed by atoms with Gasteiger partial charge in [-0.05, 0) is 50.5 Å². The van der Waals surface area contributed by atoms with Crippen LogP contribution in [-0.4, -0.2) is 44.7 Å². The predicted octanol–water partition coefficient (Wildman–Crippen LogP) is 1.47. The van der Waals surface area contributed by atoms with Gasteiger partial charge in [-0.3, -0.25) is 4.79 Å². The molecule has 6 nitrogen and oxygen atoms in total. The fourth-order valence-electron chi connectivity index (χ4n) is 3.07. The van der Waals surface area contributed by atoms with Crippen LogP contribution in [0.3, 0.4) is 0 Å². The van der Waals surface area contributed by atoms with Gasteiger partial charge < -0.3 is 9.64 Å². The van der Waals surface area contributed by atoms with Crippen molar-refractivity contribution in [1.29, 1.82) is 0 Å². The first-order valence-corrected chi connectivity index (χ1v) is 9.39. The van der Waals surface area contributed by atoms with Gasteiger partial charge in [-0.2, -0.15) is 0 Å². The zero-order valence-electron chi connectivity index (χ0n) is 14.0. The molecule has 0 saturated heterocycles. The van der Waals surface area contributed by atoms with Crippen LogP contribution in [0.5, 0.6) is 5.75 Å². The van der Waals surface area contributed by atoms with E-state index in [-0.39, 0.29) is 30.3 Å². The van der Waals surface area contributed by atoms with Crippen molar-refractivity contribution in [3.63, 3.8) is 0 Å². The van der Waals surface area contributed by atoms with E-state index in [4.69, 9.17) is 4.74 Å². The second-order valence-corrected chi connectivity index (χ2v) is 7.91. The van der Waals surface area contributed by atoms with E-state index in [2.05, 4.69) is 4.72 Å². The summed E-state index contributed by atoms with van der Waals surface area (Å²) in [6.07, 6.45) is 0.725. The van der Waals surface area contributed by atoms with Crippen LogP contribution in [0.25, 0.3) is 0 Å². The van der Waals surface area contributed by atoms with Crippen molar-refractivity contribution in [1.82, 2.24) is 9.62 Å². The van der Waals surface area contributed by atoms with Gasteiger partial charge in [0.2, 0.25) is 15.9 Å². The first kappa shape index (κ1) is 17.7. The Kier molecular flexibility index (Phi) is 5.31. The third-order valence-corrected chi connectivity index (χ3v) is 5.66. The molecule has 0 aliphatic carbocycles. The van der Waals surface area contributed by atoms with Crippen LogP contribution >= 0.6 is 0 Å². The number of sulfonamides is 1. The lowest BCUT2D eigenvalue weighted by Gasteiger charge is -2.40. The van der Waals surface area contributed by atoms with E-state index in [0.29, 0.717) is 0 Å². The molecule has 0 spiro atoms. The minimum atomic E-state index is -3.37. The SMILES string of the molecule is CCS(=O)(=O)NCC(=O)N1C(C)Cc2cc(OC)ccc2C1C. The van der Waals surface area contributed by atoms with Gasteiger partial charge in [0.25, 0.3) is 0 Å². The van der Waals surface area contributed by atoms with Crippen molar-refractivity contribution in [3.8, 4) is 5.75 Å². The average molecular weight is 340 g/mol. The number of amides is 1. The Bertz CT molecular complexity index is 687. The number of hydrogen-bond donors (Lipinski definition) is 1. The number of nitrogens with zero attached hydrogens (tertiary/aromatic N) is 1. The Labute approximate surface area is 137 Å². The molecular weight excluding hydrogens is 316 g/mol. The molecule has 1 aliphatic rings. The molecule has 2 unspecified atom stereocenters. The Balaban J connectivity index is 2.18. The lowest BCUT2D eigenvalue weighted by atomic mass is 9.89. The van der Waals surface area contributed by atoms with E-state index in [1.54, 1.807) is 18.9 Å². The molecule has 0 bridgehead atoms.